The molecule has 2 aromatic carbocycles. The number of hydrogen-bond acceptors (Lipinski definition) is 6. The molecule has 0 spiro atoms. The molecule has 32 heavy (non-hydrogen) atoms. The monoisotopic (exact) mass is 435 g/mol. The van der Waals surface area contributed by atoms with Crippen LogP contribution >= 0.6 is 0 Å². The topological polar surface area (TPSA) is 79.7 Å². The highest BCUT2D eigenvalue weighted by atomic mass is 16.5. The normalized spacial score (nSPS) is 14.5. The van der Waals surface area contributed by atoms with E-state index in [2.05, 4.69) is 32.3 Å². The van der Waals surface area contributed by atoms with Crippen LogP contribution < -0.4 is 20.5 Å². The van der Waals surface area contributed by atoms with Gasteiger partial charge in [0.25, 0.3) is 11.5 Å². The maximum atomic E-state index is 12.7. The SMILES string of the molecule is COc1ccc(N2CCN(CCCNC(=O)c3nn(C)c(=O)c4ccccc34)CC2)cc1. The summed E-state index contributed by atoms with van der Waals surface area (Å²) in [5.41, 5.74) is 1.30. The van der Waals surface area contributed by atoms with E-state index in [0.29, 0.717) is 17.3 Å². The second kappa shape index (κ2) is 9.82. The van der Waals surface area contributed by atoms with E-state index in [-0.39, 0.29) is 17.2 Å². The van der Waals surface area contributed by atoms with E-state index in [1.54, 1.807) is 32.4 Å². The van der Waals surface area contributed by atoms with Crippen molar-refractivity contribution in [3.63, 3.8) is 0 Å². The number of fused-ring (bicyclic) bond motifs is 1. The van der Waals surface area contributed by atoms with Crippen LogP contribution in [0.2, 0.25) is 0 Å². The number of benzene rings is 2. The van der Waals surface area contributed by atoms with E-state index in [4.69, 9.17) is 4.74 Å². The average molecular weight is 436 g/mol. The number of hydrogen-bond donors (Lipinski definition) is 1. The van der Waals surface area contributed by atoms with Crippen molar-refractivity contribution in [1.29, 1.82) is 0 Å². The summed E-state index contributed by atoms with van der Waals surface area (Å²) in [5, 5.41) is 8.23. The number of carbonyl (C=O) groups is 1. The Hall–Kier alpha value is -3.39. The van der Waals surface area contributed by atoms with Crippen LogP contribution in [0.3, 0.4) is 0 Å². The summed E-state index contributed by atoms with van der Waals surface area (Å²) in [4.78, 5) is 29.7. The molecule has 1 aliphatic rings. The van der Waals surface area contributed by atoms with Crippen LogP contribution in [-0.2, 0) is 7.05 Å². The molecular formula is C24H29N5O3. The van der Waals surface area contributed by atoms with Gasteiger partial charge in [0, 0.05) is 50.8 Å². The molecule has 0 radical (unpaired) electrons. The van der Waals surface area contributed by atoms with Gasteiger partial charge in [0.15, 0.2) is 5.69 Å². The molecule has 1 aromatic heterocycles. The standard InChI is InChI=1S/C24H29N5O3/c1-27-24(31)21-7-4-3-6-20(21)22(26-27)23(30)25-12-5-13-28-14-16-29(17-15-28)18-8-10-19(32-2)11-9-18/h3-4,6-11H,5,12-17H2,1-2H3,(H,25,30). The molecule has 1 amide bonds. The van der Waals surface area contributed by atoms with Crippen LogP contribution in [0.25, 0.3) is 10.8 Å². The number of anilines is 1. The molecule has 0 unspecified atom stereocenters. The number of rotatable bonds is 7. The average Bonchev–Trinajstić information content (AvgIpc) is 2.84. The fourth-order valence-electron chi connectivity index (χ4n) is 4.08. The number of methoxy groups -OCH3 is 1. The molecule has 0 saturated carbocycles. The zero-order valence-electron chi connectivity index (χ0n) is 18.6. The summed E-state index contributed by atoms with van der Waals surface area (Å²) in [6, 6.07) is 15.3. The van der Waals surface area contributed by atoms with Crippen molar-refractivity contribution >= 4 is 22.4 Å². The van der Waals surface area contributed by atoms with Crippen LogP contribution in [0.1, 0.15) is 16.9 Å². The summed E-state index contributed by atoms with van der Waals surface area (Å²) < 4.78 is 6.45. The summed E-state index contributed by atoms with van der Waals surface area (Å²) in [7, 11) is 3.24. The molecule has 0 bridgehead atoms. The number of nitrogens with zero attached hydrogens (tertiary/aromatic N) is 4. The fraction of sp³-hybridized carbons (Fsp3) is 0.375. The van der Waals surface area contributed by atoms with Crippen LogP contribution in [0.15, 0.2) is 53.3 Å². The number of amides is 1. The lowest BCUT2D eigenvalue weighted by atomic mass is 10.1. The molecule has 0 aliphatic carbocycles. The summed E-state index contributed by atoms with van der Waals surface area (Å²) in [6.07, 6.45) is 0.859. The minimum Gasteiger partial charge on any atom is -0.497 e. The van der Waals surface area contributed by atoms with Crippen molar-refractivity contribution in [3.8, 4) is 5.75 Å². The van der Waals surface area contributed by atoms with E-state index in [1.165, 1.54) is 10.4 Å². The van der Waals surface area contributed by atoms with Crippen molar-refractivity contribution in [1.82, 2.24) is 20.0 Å². The van der Waals surface area contributed by atoms with Crippen LogP contribution in [0.5, 0.6) is 5.75 Å². The highest BCUT2D eigenvalue weighted by molar-refractivity contribution is 6.04. The first-order valence-electron chi connectivity index (χ1n) is 10.9. The van der Waals surface area contributed by atoms with Gasteiger partial charge in [-0.15, -0.1) is 0 Å². The molecule has 168 valence electrons. The number of aromatic nitrogens is 2. The van der Waals surface area contributed by atoms with Gasteiger partial charge in [-0.05, 0) is 43.3 Å². The second-order valence-corrected chi connectivity index (χ2v) is 7.96. The Morgan fingerprint density at radius 3 is 2.41 bits per heavy atom. The smallest absolute Gasteiger partial charge is 0.274 e. The van der Waals surface area contributed by atoms with Crippen LogP contribution in [0, 0.1) is 0 Å². The molecule has 1 fully saturated rings. The third-order valence-corrected chi connectivity index (χ3v) is 5.92. The Kier molecular flexibility index (Phi) is 6.70. The van der Waals surface area contributed by atoms with Crippen molar-refractivity contribution < 1.29 is 9.53 Å². The van der Waals surface area contributed by atoms with Gasteiger partial charge in [-0.1, -0.05) is 18.2 Å². The predicted octanol–water partition coefficient (Wildman–Crippen LogP) is 1.88. The highest BCUT2D eigenvalue weighted by Crippen LogP contribution is 2.20. The molecule has 8 heteroatoms. The Morgan fingerprint density at radius 2 is 1.72 bits per heavy atom. The maximum absolute atomic E-state index is 12.7. The number of aryl methyl sites for hydroxylation is 1. The van der Waals surface area contributed by atoms with Gasteiger partial charge >= 0.3 is 0 Å². The number of piperazine rings is 1. The van der Waals surface area contributed by atoms with Crippen LogP contribution in [-0.4, -0.2) is 67.0 Å². The van der Waals surface area contributed by atoms with Gasteiger partial charge in [0.2, 0.25) is 0 Å². The lowest BCUT2D eigenvalue weighted by molar-refractivity contribution is 0.0946. The maximum Gasteiger partial charge on any atom is 0.274 e. The number of carbonyl (C=O) groups excluding carboxylic acids is 1. The van der Waals surface area contributed by atoms with Gasteiger partial charge in [-0.3, -0.25) is 14.5 Å². The molecule has 0 atom stereocenters. The summed E-state index contributed by atoms with van der Waals surface area (Å²) in [6.45, 7) is 5.44. The lowest BCUT2D eigenvalue weighted by Crippen LogP contribution is -2.47. The van der Waals surface area contributed by atoms with E-state index >= 15 is 0 Å². The zero-order valence-corrected chi connectivity index (χ0v) is 18.6. The largest absolute Gasteiger partial charge is 0.497 e. The summed E-state index contributed by atoms with van der Waals surface area (Å²) >= 11 is 0. The quantitative estimate of drug-likeness (QED) is 0.571. The molecule has 1 N–H and O–H groups in total. The Balaban J connectivity index is 1.25. The first-order chi connectivity index (χ1) is 15.6. The zero-order chi connectivity index (χ0) is 22.5. The van der Waals surface area contributed by atoms with Gasteiger partial charge in [0.1, 0.15) is 5.75 Å². The highest BCUT2D eigenvalue weighted by Gasteiger charge is 2.18. The number of ether oxygens (including phenoxy) is 1. The Labute approximate surface area is 187 Å². The second-order valence-electron chi connectivity index (χ2n) is 7.96. The fourth-order valence-corrected chi connectivity index (χ4v) is 4.08. The minimum absolute atomic E-state index is 0.203. The van der Waals surface area contributed by atoms with E-state index in [1.807, 2.05) is 18.2 Å². The van der Waals surface area contributed by atoms with Crippen molar-refractivity contribution in [2.45, 2.75) is 6.42 Å². The van der Waals surface area contributed by atoms with Gasteiger partial charge in [-0.2, -0.15) is 5.10 Å². The first kappa shape index (κ1) is 21.8. The molecule has 1 saturated heterocycles. The number of nitrogens with one attached hydrogen (secondary N) is 1. The van der Waals surface area contributed by atoms with Gasteiger partial charge < -0.3 is 15.0 Å². The van der Waals surface area contributed by atoms with Gasteiger partial charge in [0.05, 0.1) is 12.5 Å². The van der Waals surface area contributed by atoms with E-state index in [0.717, 1.165) is 44.9 Å². The molecular weight excluding hydrogens is 406 g/mol. The Bertz CT molecular complexity index is 1130. The van der Waals surface area contributed by atoms with Crippen molar-refractivity contribution in [2.75, 3.05) is 51.3 Å². The third kappa shape index (κ3) is 4.75. The summed E-state index contributed by atoms with van der Waals surface area (Å²) in [5.74, 6) is 0.622. The van der Waals surface area contributed by atoms with E-state index in [9.17, 15) is 9.59 Å². The minimum atomic E-state index is -0.249. The molecule has 4 rings (SSSR count). The first-order valence-corrected chi connectivity index (χ1v) is 10.9. The Morgan fingerprint density at radius 1 is 1.03 bits per heavy atom. The van der Waals surface area contributed by atoms with Crippen molar-refractivity contribution in [3.05, 3.63) is 64.6 Å². The molecule has 1 aliphatic heterocycles. The predicted molar refractivity (Wildman–Crippen MR) is 126 cm³/mol. The molecule has 8 nitrogen and oxygen atoms in total. The van der Waals surface area contributed by atoms with Crippen molar-refractivity contribution in [2.24, 2.45) is 7.05 Å². The third-order valence-electron chi connectivity index (χ3n) is 5.92. The molecule has 2 heterocycles. The van der Waals surface area contributed by atoms with E-state index < -0.39 is 0 Å². The van der Waals surface area contributed by atoms with Gasteiger partial charge in [-0.25, -0.2) is 4.68 Å². The molecule has 3 aromatic rings. The lowest BCUT2D eigenvalue weighted by Gasteiger charge is -2.36. The van der Waals surface area contributed by atoms with Crippen LogP contribution in [0.4, 0.5) is 5.69 Å².